The molecule has 21 heavy (non-hydrogen) atoms. The minimum absolute atomic E-state index is 0.00131. The van der Waals surface area contributed by atoms with Crippen molar-refractivity contribution in [2.24, 2.45) is 11.8 Å². The monoisotopic (exact) mass is 293 g/mol. The first-order valence-electron chi connectivity index (χ1n) is 6.64. The van der Waals surface area contributed by atoms with Crippen LogP contribution in [0.15, 0.2) is 6.33 Å². The number of hydrazine groups is 1. The van der Waals surface area contributed by atoms with Gasteiger partial charge in [0.25, 0.3) is 0 Å². The van der Waals surface area contributed by atoms with Crippen molar-refractivity contribution in [3.63, 3.8) is 0 Å². The standard InChI is InChI=1S/C11H15N7O3/c12-16-9-8(18(20)21)10(15-5-14-9)17-3-1-2-6-7(17)4-13-11(6)19/h5-7H,1-4,12H2,(H,13,19)(H,14,15,16). The molecule has 2 atom stereocenters. The lowest BCUT2D eigenvalue weighted by molar-refractivity contribution is -0.383. The van der Waals surface area contributed by atoms with Crippen molar-refractivity contribution >= 4 is 23.2 Å². The van der Waals surface area contributed by atoms with E-state index in [1.807, 2.05) is 4.90 Å². The Bertz CT molecular complexity index is 593. The van der Waals surface area contributed by atoms with Gasteiger partial charge in [0.2, 0.25) is 17.5 Å². The number of nitrogen functional groups attached to an aromatic ring is 1. The van der Waals surface area contributed by atoms with Gasteiger partial charge >= 0.3 is 5.69 Å². The van der Waals surface area contributed by atoms with Crippen LogP contribution in [0, 0.1) is 16.0 Å². The van der Waals surface area contributed by atoms with Gasteiger partial charge in [-0.15, -0.1) is 0 Å². The highest BCUT2D eigenvalue weighted by Crippen LogP contribution is 2.37. The maximum atomic E-state index is 11.8. The van der Waals surface area contributed by atoms with E-state index < -0.39 is 4.92 Å². The molecule has 2 unspecified atom stereocenters. The van der Waals surface area contributed by atoms with Crippen molar-refractivity contribution in [1.82, 2.24) is 15.3 Å². The predicted molar refractivity (Wildman–Crippen MR) is 73.4 cm³/mol. The Morgan fingerprint density at radius 2 is 2.33 bits per heavy atom. The van der Waals surface area contributed by atoms with Crippen LogP contribution in [0.1, 0.15) is 12.8 Å². The van der Waals surface area contributed by atoms with Gasteiger partial charge in [0.05, 0.1) is 16.9 Å². The molecule has 1 amide bonds. The summed E-state index contributed by atoms with van der Waals surface area (Å²) in [5, 5.41) is 14.1. The second kappa shape index (κ2) is 5.13. The number of aromatic nitrogens is 2. The third-order valence-corrected chi connectivity index (χ3v) is 4.00. The summed E-state index contributed by atoms with van der Waals surface area (Å²) in [5.74, 6) is 5.30. The van der Waals surface area contributed by atoms with Crippen molar-refractivity contribution in [3.05, 3.63) is 16.4 Å². The second-order valence-corrected chi connectivity index (χ2v) is 5.05. The van der Waals surface area contributed by atoms with Gasteiger partial charge in [-0.2, -0.15) is 0 Å². The quantitative estimate of drug-likeness (QED) is 0.381. The number of carbonyl (C=O) groups is 1. The zero-order valence-electron chi connectivity index (χ0n) is 11.2. The number of hydrogen-bond acceptors (Lipinski definition) is 8. The van der Waals surface area contributed by atoms with Gasteiger partial charge in [0, 0.05) is 13.1 Å². The number of rotatable bonds is 3. The Labute approximate surface area is 119 Å². The smallest absolute Gasteiger partial charge is 0.354 e. The lowest BCUT2D eigenvalue weighted by Gasteiger charge is -2.36. The average molecular weight is 293 g/mol. The fourth-order valence-corrected chi connectivity index (χ4v) is 3.07. The zero-order valence-corrected chi connectivity index (χ0v) is 11.2. The summed E-state index contributed by atoms with van der Waals surface area (Å²) in [6.45, 7) is 1.08. The van der Waals surface area contributed by atoms with E-state index in [1.54, 1.807) is 0 Å². The highest BCUT2D eigenvalue weighted by atomic mass is 16.6. The Kier molecular flexibility index (Phi) is 3.29. The normalized spacial score (nSPS) is 24.4. The number of nitro groups is 1. The molecular weight excluding hydrogens is 278 g/mol. The molecule has 0 aromatic carbocycles. The van der Waals surface area contributed by atoms with Crippen LogP contribution in [-0.4, -0.2) is 39.9 Å². The number of nitrogens with two attached hydrogens (primary N) is 1. The molecule has 0 spiro atoms. The summed E-state index contributed by atoms with van der Waals surface area (Å²) in [4.78, 5) is 32.2. The highest BCUT2D eigenvalue weighted by molar-refractivity contribution is 5.83. The van der Waals surface area contributed by atoms with Gasteiger partial charge < -0.3 is 15.6 Å². The van der Waals surface area contributed by atoms with E-state index in [2.05, 4.69) is 20.7 Å². The molecule has 112 valence electrons. The summed E-state index contributed by atoms with van der Waals surface area (Å²) < 4.78 is 0. The lowest BCUT2D eigenvalue weighted by atomic mass is 9.91. The molecule has 2 saturated heterocycles. The number of fused-ring (bicyclic) bond motifs is 1. The van der Waals surface area contributed by atoms with Crippen LogP contribution in [0.25, 0.3) is 0 Å². The molecule has 0 saturated carbocycles. The van der Waals surface area contributed by atoms with Crippen LogP contribution < -0.4 is 21.5 Å². The van der Waals surface area contributed by atoms with Gasteiger partial charge in [-0.1, -0.05) is 0 Å². The summed E-state index contributed by atoms with van der Waals surface area (Å²) >= 11 is 0. The predicted octanol–water partition coefficient (Wildman–Crippen LogP) is -0.615. The Balaban J connectivity index is 2.03. The number of hydrogen-bond donors (Lipinski definition) is 3. The molecule has 4 N–H and O–H groups in total. The number of anilines is 2. The van der Waals surface area contributed by atoms with E-state index in [0.29, 0.717) is 13.1 Å². The van der Waals surface area contributed by atoms with E-state index in [1.165, 1.54) is 6.33 Å². The number of piperidine rings is 1. The molecule has 0 bridgehead atoms. The molecule has 1 aromatic rings. The summed E-state index contributed by atoms with van der Waals surface area (Å²) in [7, 11) is 0. The average Bonchev–Trinajstić information content (AvgIpc) is 2.88. The van der Waals surface area contributed by atoms with Crippen LogP contribution >= 0.6 is 0 Å². The lowest BCUT2D eigenvalue weighted by Crippen LogP contribution is -2.46. The molecule has 2 aliphatic heterocycles. The molecule has 0 aliphatic carbocycles. The van der Waals surface area contributed by atoms with Gasteiger partial charge in [0.1, 0.15) is 6.33 Å². The minimum Gasteiger partial charge on any atom is -0.354 e. The molecule has 3 rings (SSSR count). The third kappa shape index (κ3) is 2.13. The van der Waals surface area contributed by atoms with Gasteiger partial charge in [-0.05, 0) is 12.8 Å². The largest absolute Gasteiger partial charge is 0.354 e. The first-order chi connectivity index (χ1) is 10.1. The number of nitrogens with one attached hydrogen (secondary N) is 2. The molecule has 2 aliphatic rings. The Morgan fingerprint density at radius 1 is 1.52 bits per heavy atom. The van der Waals surface area contributed by atoms with E-state index in [-0.39, 0.29) is 35.2 Å². The van der Waals surface area contributed by atoms with Crippen LogP contribution in [0.4, 0.5) is 17.3 Å². The molecular formula is C11H15N7O3. The number of amides is 1. The first-order valence-corrected chi connectivity index (χ1v) is 6.64. The molecule has 1 aromatic heterocycles. The van der Waals surface area contributed by atoms with Crippen molar-refractivity contribution in [1.29, 1.82) is 0 Å². The van der Waals surface area contributed by atoms with Crippen molar-refractivity contribution in [2.45, 2.75) is 18.9 Å². The SMILES string of the molecule is NNc1ncnc(N2CCCC3C(=O)NCC32)c1[N+](=O)[O-]. The second-order valence-electron chi connectivity index (χ2n) is 5.05. The van der Waals surface area contributed by atoms with E-state index in [4.69, 9.17) is 5.84 Å². The fourth-order valence-electron chi connectivity index (χ4n) is 3.07. The zero-order chi connectivity index (χ0) is 15.0. The first kappa shape index (κ1) is 13.5. The number of nitrogens with zero attached hydrogens (tertiary/aromatic N) is 4. The molecule has 3 heterocycles. The van der Waals surface area contributed by atoms with Crippen LogP contribution in [-0.2, 0) is 4.79 Å². The molecule has 10 nitrogen and oxygen atoms in total. The minimum atomic E-state index is -0.557. The fraction of sp³-hybridized carbons (Fsp3) is 0.545. The topological polar surface area (TPSA) is 139 Å². The van der Waals surface area contributed by atoms with Crippen LogP contribution in [0.3, 0.4) is 0 Å². The van der Waals surface area contributed by atoms with Crippen molar-refractivity contribution < 1.29 is 9.72 Å². The van der Waals surface area contributed by atoms with Gasteiger partial charge in [-0.3, -0.25) is 14.9 Å². The highest BCUT2D eigenvalue weighted by Gasteiger charge is 2.43. The Hall–Kier alpha value is -2.49. The van der Waals surface area contributed by atoms with Gasteiger partial charge in [-0.25, -0.2) is 15.8 Å². The maximum Gasteiger partial charge on any atom is 0.354 e. The number of carbonyl (C=O) groups excluding carboxylic acids is 1. The molecule has 10 heteroatoms. The van der Waals surface area contributed by atoms with Crippen molar-refractivity contribution in [2.75, 3.05) is 23.4 Å². The molecule has 0 radical (unpaired) electrons. The van der Waals surface area contributed by atoms with Crippen molar-refractivity contribution in [3.8, 4) is 0 Å². The Morgan fingerprint density at radius 3 is 3.05 bits per heavy atom. The third-order valence-electron chi connectivity index (χ3n) is 4.00. The van der Waals surface area contributed by atoms with E-state index >= 15 is 0 Å². The molecule has 2 fully saturated rings. The van der Waals surface area contributed by atoms with Crippen LogP contribution in [0.5, 0.6) is 0 Å². The summed E-state index contributed by atoms with van der Waals surface area (Å²) in [6.07, 6.45) is 2.79. The van der Waals surface area contributed by atoms with Gasteiger partial charge in [0.15, 0.2) is 0 Å². The van der Waals surface area contributed by atoms with Crippen LogP contribution in [0.2, 0.25) is 0 Å². The maximum absolute atomic E-state index is 11.8. The summed E-state index contributed by atoms with van der Waals surface area (Å²) in [6, 6.07) is -0.120. The van der Waals surface area contributed by atoms with E-state index in [9.17, 15) is 14.9 Å². The summed E-state index contributed by atoms with van der Waals surface area (Å²) in [5.41, 5.74) is 1.96. The van der Waals surface area contributed by atoms with E-state index in [0.717, 1.165) is 12.8 Å².